The van der Waals surface area contributed by atoms with Crippen LogP contribution >= 0.6 is 0 Å². The van der Waals surface area contributed by atoms with Gasteiger partial charge < -0.3 is 20.1 Å². The molecule has 2 amide bonds. The van der Waals surface area contributed by atoms with Crippen molar-refractivity contribution in [2.45, 2.75) is 39.0 Å². The van der Waals surface area contributed by atoms with Crippen molar-refractivity contribution in [1.82, 2.24) is 10.2 Å². The zero-order valence-electron chi connectivity index (χ0n) is 20.3. The van der Waals surface area contributed by atoms with E-state index in [-0.39, 0.29) is 31.5 Å². The van der Waals surface area contributed by atoms with Gasteiger partial charge in [0.1, 0.15) is 6.61 Å². The molecule has 1 aliphatic carbocycles. The number of carbonyl (C=O) groups is 3. The van der Waals surface area contributed by atoms with Crippen molar-refractivity contribution in [2.75, 3.05) is 26.2 Å². The largest absolute Gasteiger partial charge is 0.481 e. The molecule has 0 bridgehead atoms. The van der Waals surface area contributed by atoms with E-state index in [1.165, 1.54) is 11.1 Å². The SMILES string of the molecule is CCCC1(C(=O)O)CCN(C(=O)/C(C)=C/CNC(=O)OCC2c3ccccc3-c3ccccc32)C1. The van der Waals surface area contributed by atoms with Crippen molar-refractivity contribution < 1.29 is 24.2 Å². The van der Waals surface area contributed by atoms with E-state index in [9.17, 15) is 19.5 Å². The molecule has 0 spiro atoms. The van der Waals surface area contributed by atoms with E-state index < -0.39 is 17.5 Å². The molecular weight excluding hydrogens is 444 g/mol. The molecule has 1 atom stereocenters. The number of aliphatic carboxylic acids is 1. The Morgan fingerprint density at radius 3 is 2.34 bits per heavy atom. The van der Waals surface area contributed by atoms with Gasteiger partial charge in [-0.05, 0) is 42.0 Å². The fraction of sp³-hybridized carbons (Fsp3) is 0.393. The Morgan fingerprint density at radius 2 is 1.74 bits per heavy atom. The first-order chi connectivity index (χ1) is 16.9. The van der Waals surface area contributed by atoms with Crippen molar-refractivity contribution in [3.8, 4) is 11.1 Å². The standard InChI is InChI=1S/C28H32N2O5/c1-3-13-28(26(32)33)14-16-30(18-28)25(31)19(2)12-15-29-27(34)35-17-24-22-10-6-4-8-20(22)21-9-5-7-11-23(21)24/h4-12,24H,3,13-18H2,1-2H3,(H,29,34)(H,32,33)/b19-12+. The lowest BCUT2D eigenvalue weighted by Gasteiger charge is -2.24. The third kappa shape index (κ3) is 4.94. The van der Waals surface area contributed by atoms with Crippen molar-refractivity contribution in [3.63, 3.8) is 0 Å². The second-order valence-corrected chi connectivity index (χ2v) is 9.41. The average molecular weight is 477 g/mol. The Balaban J connectivity index is 1.29. The van der Waals surface area contributed by atoms with E-state index in [4.69, 9.17) is 4.74 Å². The third-order valence-electron chi connectivity index (χ3n) is 7.16. The van der Waals surface area contributed by atoms with E-state index in [1.807, 2.05) is 31.2 Å². The quantitative estimate of drug-likeness (QED) is 0.544. The number of amides is 2. The van der Waals surface area contributed by atoms with E-state index in [0.717, 1.165) is 17.5 Å². The fourth-order valence-corrected chi connectivity index (χ4v) is 5.28. The number of carboxylic acid groups (broad SMARTS) is 1. The summed E-state index contributed by atoms with van der Waals surface area (Å²) in [5.41, 5.74) is 4.25. The molecule has 2 aromatic rings. The molecule has 35 heavy (non-hydrogen) atoms. The normalized spacial score (nSPS) is 19.3. The van der Waals surface area contributed by atoms with Crippen LogP contribution in [0.1, 0.15) is 50.2 Å². The Bertz CT molecular complexity index is 1110. The van der Waals surface area contributed by atoms with Crippen LogP contribution < -0.4 is 5.32 Å². The van der Waals surface area contributed by atoms with Gasteiger partial charge in [0, 0.05) is 31.1 Å². The van der Waals surface area contributed by atoms with Crippen LogP contribution in [-0.2, 0) is 14.3 Å². The van der Waals surface area contributed by atoms with Gasteiger partial charge in [0.05, 0.1) is 5.41 Å². The predicted octanol–water partition coefficient (Wildman–Crippen LogP) is 4.57. The van der Waals surface area contributed by atoms with E-state index in [1.54, 1.807) is 17.9 Å². The highest BCUT2D eigenvalue weighted by molar-refractivity contribution is 5.94. The molecule has 1 saturated heterocycles. The lowest BCUT2D eigenvalue weighted by Crippen LogP contribution is -2.37. The lowest BCUT2D eigenvalue weighted by molar-refractivity contribution is -0.148. The molecule has 4 rings (SSSR count). The maximum absolute atomic E-state index is 12.8. The molecule has 1 unspecified atom stereocenters. The van der Waals surface area contributed by atoms with Crippen LogP contribution in [-0.4, -0.2) is 54.2 Å². The summed E-state index contributed by atoms with van der Waals surface area (Å²) >= 11 is 0. The Hall–Kier alpha value is -3.61. The number of benzene rings is 2. The van der Waals surface area contributed by atoms with Gasteiger partial charge in [0.2, 0.25) is 5.91 Å². The molecule has 7 nitrogen and oxygen atoms in total. The first-order valence-corrected chi connectivity index (χ1v) is 12.1. The van der Waals surface area contributed by atoms with E-state index in [2.05, 4.69) is 29.6 Å². The molecule has 0 saturated carbocycles. The number of hydrogen-bond acceptors (Lipinski definition) is 4. The minimum atomic E-state index is -0.857. The molecule has 1 fully saturated rings. The average Bonchev–Trinajstić information content (AvgIpc) is 3.43. The highest BCUT2D eigenvalue weighted by atomic mass is 16.5. The number of alkyl carbamates (subject to hydrolysis) is 1. The molecule has 1 heterocycles. The van der Waals surface area contributed by atoms with Gasteiger partial charge >= 0.3 is 12.1 Å². The summed E-state index contributed by atoms with van der Waals surface area (Å²) in [7, 11) is 0. The van der Waals surface area contributed by atoms with Crippen molar-refractivity contribution in [1.29, 1.82) is 0 Å². The number of hydrogen-bond donors (Lipinski definition) is 2. The Morgan fingerprint density at radius 1 is 1.11 bits per heavy atom. The lowest BCUT2D eigenvalue weighted by atomic mass is 9.83. The number of carboxylic acids is 1. The second-order valence-electron chi connectivity index (χ2n) is 9.41. The van der Waals surface area contributed by atoms with E-state index in [0.29, 0.717) is 25.0 Å². The minimum absolute atomic E-state index is 0.0141. The maximum atomic E-state index is 12.8. The zero-order valence-corrected chi connectivity index (χ0v) is 20.3. The summed E-state index contributed by atoms with van der Waals surface area (Å²) in [5.74, 6) is -1.05. The number of fused-ring (bicyclic) bond motifs is 3. The molecule has 2 N–H and O–H groups in total. The van der Waals surface area contributed by atoms with Crippen LogP contribution in [0.5, 0.6) is 0 Å². The third-order valence-corrected chi connectivity index (χ3v) is 7.16. The summed E-state index contributed by atoms with van der Waals surface area (Å²) < 4.78 is 5.52. The molecule has 1 aliphatic heterocycles. The highest BCUT2D eigenvalue weighted by Gasteiger charge is 2.45. The number of carbonyl (C=O) groups excluding carboxylic acids is 2. The number of likely N-dealkylation sites (tertiary alicyclic amines) is 1. The molecule has 2 aliphatic rings. The van der Waals surface area contributed by atoms with Crippen LogP contribution in [0, 0.1) is 5.41 Å². The molecule has 0 aromatic heterocycles. The van der Waals surface area contributed by atoms with Gasteiger partial charge in [-0.3, -0.25) is 9.59 Å². The highest BCUT2D eigenvalue weighted by Crippen LogP contribution is 2.44. The van der Waals surface area contributed by atoms with Gasteiger partial charge in [-0.1, -0.05) is 68.0 Å². The van der Waals surface area contributed by atoms with Gasteiger partial charge in [0.25, 0.3) is 0 Å². The van der Waals surface area contributed by atoms with Gasteiger partial charge in [-0.2, -0.15) is 0 Å². The Labute approximate surface area is 205 Å². The second kappa shape index (κ2) is 10.3. The predicted molar refractivity (Wildman–Crippen MR) is 133 cm³/mol. The van der Waals surface area contributed by atoms with Crippen LogP contribution in [0.4, 0.5) is 4.79 Å². The molecule has 0 radical (unpaired) electrons. The summed E-state index contributed by atoms with van der Waals surface area (Å²) in [5, 5.41) is 12.3. The molecule has 7 heteroatoms. The minimum Gasteiger partial charge on any atom is -0.481 e. The topological polar surface area (TPSA) is 95.9 Å². The van der Waals surface area contributed by atoms with E-state index >= 15 is 0 Å². The summed E-state index contributed by atoms with van der Waals surface area (Å²) in [6.45, 7) is 4.67. The summed E-state index contributed by atoms with van der Waals surface area (Å²) in [6, 6.07) is 16.3. The first-order valence-electron chi connectivity index (χ1n) is 12.1. The van der Waals surface area contributed by atoms with Crippen molar-refractivity contribution in [2.24, 2.45) is 5.41 Å². The zero-order chi connectivity index (χ0) is 25.0. The molecule has 2 aromatic carbocycles. The van der Waals surface area contributed by atoms with Crippen LogP contribution in [0.3, 0.4) is 0 Å². The van der Waals surface area contributed by atoms with Crippen LogP contribution in [0.15, 0.2) is 60.2 Å². The fourth-order valence-electron chi connectivity index (χ4n) is 5.28. The number of nitrogens with zero attached hydrogens (tertiary/aromatic N) is 1. The number of nitrogens with one attached hydrogen (secondary N) is 1. The molecule has 184 valence electrons. The maximum Gasteiger partial charge on any atom is 0.407 e. The van der Waals surface area contributed by atoms with Gasteiger partial charge in [-0.25, -0.2) is 4.79 Å². The van der Waals surface area contributed by atoms with Gasteiger partial charge in [-0.15, -0.1) is 0 Å². The number of ether oxygens (including phenoxy) is 1. The van der Waals surface area contributed by atoms with Gasteiger partial charge in [0.15, 0.2) is 0 Å². The smallest absolute Gasteiger partial charge is 0.407 e. The van der Waals surface area contributed by atoms with Crippen molar-refractivity contribution in [3.05, 3.63) is 71.3 Å². The first kappa shape index (κ1) is 24.5. The van der Waals surface area contributed by atoms with Crippen LogP contribution in [0.2, 0.25) is 0 Å². The van der Waals surface area contributed by atoms with Crippen LogP contribution in [0.25, 0.3) is 11.1 Å². The monoisotopic (exact) mass is 476 g/mol. The Kier molecular flexibility index (Phi) is 7.24. The summed E-state index contributed by atoms with van der Waals surface area (Å²) in [6.07, 6.45) is 2.88. The number of rotatable bonds is 8. The molecular formula is C28H32N2O5. The summed E-state index contributed by atoms with van der Waals surface area (Å²) in [4.78, 5) is 38.5. The van der Waals surface area contributed by atoms with Crippen molar-refractivity contribution >= 4 is 18.0 Å².